The first-order chi connectivity index (χ1) is 9.19. The van der Waals surface area contributed by atoms with Crippen LogP contribution in [0, 0.1) is 6.92 Å². The zero-order chi connectivity index (χ0) is 13.3. The number of hydrogen-bond acceptors (Lipinski definition) is 3. The van der Waals surface area contributed by atoms with Crippen molar-refractivity contribution in [3.05, 3.63) is 29.6 Å². The molecule has 3 nitrogen and oxygen atoms in total. The minimum Gasteiger partial charge on any atom is -0.308 e. The van der Waals surface area contributed by atoms with Crippen LogP contribution in [-0.4, -0.2) is 34.6 Å². The summed E-state index contributed by atoms with van der Waals surface area (Å²) in [6, 6.07) is 4.80. The Morgan fingerprint density at radius 2 is 2.21 bits per heavy atom. The third-order valence-corrected chi connectivity index (χ3v) is 4.93. The number of aryl methyl sites for hydroxylation is 1. The number of nitrogens with one attached hydrogen (secondary N) is 1. The normalized spacial score (nSPS) is 26.9. The predicted octanol–water partition coefficient (Wildman–Crippen LogP) is 2.50. The molecular weight excluding hydrogens is 234 g/mol. The van der Waals surface area contributed by atoms with Crippen molar-refractivity contribution in [1.29, 1.82) is 0 Å². The zero-order valence-electron chi connectivity index (χ0n) is 12.2. The average molecular weight is 259 g/mol. The summed E-state index contributed by atoms with van der Waals surface area (Å²) in [5, 5.41) is 3.81. The smallest absolute Gasteiger partial charge is 0.0573 e. The van der Waals surface area contributed by atoms with E-state index in [0.717, 1.165) is 13.1 Å². The van der Waals surface area contributed by atoms with Gasteiger partial charge in [0, 0.05) is 37.4 Å². The van der Waals surface area contributed by atoms with E-state index in [-0.39, 0.29) is 0 Å². The summed E-state index contributed by atoms with van der Waals surface area (Å²) in [7, 11) is 0. The molecule has 1 saturated heterocycles. The van der Waals surface area contributed by atoms with Crippen molar-refractivity contribution < 1.29 is 0 Å². The molecule has 2 heterocycles. The van der Waals surface area contributed by atoms with Crippen LogP contribution in [0.2, 0.25) is 0 Å². The van der Waals surface area contributed by atoms with Crippen molar-refractivity contribution in [3.63, 3.8) is 0 Å². The van der Waals surface area contributed by atoms with Gasteiger partial charge in [0.1, 0.15) is 0 Å². The Hall–Kier alpha value is -0.930. The van der Waals surface area contributed by atoms with Gasteiger partial charge in [-0.05, 0) is 38.3 Å². The maximum Gasteiger partial charge on any atom is 0.0573 e. The lowest BCUT2D eigenvalue weighted by Gasteiger charge is -2.45. The fourth-order valence-corrected chi connectivity index (χ4v) is 3.57. The minimum absolute atomic E-state index is 0.398. The highest BCUT2D eigenvalue weighted by atomic mass is 15.3. The molecule has 2 fully saturated rings. The number of nitrogens with zero attached hydrogens (tertiary/aromatic N) is 2. The first-order valence-corrected chi connectivity index (χ1v) is 7.58. The molecule has 0 bridgehead atoms. The Morgan fingerprint density at radius 1 is 1.42 bits per heavy atom. The van der Waals surface area contributed by atoms with Gasteiger partial charge in [-0.3, -0.25) is 9.88 Å². The van der Waals surface area contributed by atoms with Crippen LogP contribution in [0.1, 0.15) is 43.9 Å². The van der Waals surface area contributed by atoms with E-state index in [1.165, 1.54) is 43.5 Å². The van der Waals surface area contributed by atoms with Gasteiger partial charge in [0.05, 0.1) is 5.69 Å². The van der Waals surface area contributed by atoms with Crippen molar-refractivity contribution in [2.75, 3.05) is 13.1 Å². The van der Waals surface area contributed by atoms with Crippen LogP contribution in [0.4, 0.5) is 0 Å². The molecule has 1 aromatic rings. The van der Waals surface area contributed by atoms with Gasteiger partial charge in [0.15, 0.2) is 0 Å². The van der Waals surface area contributed by atoms with Crippen LogP contribution in [0.25, 0.3) is 0 Å². The molecule has 104 valence electrons. The maximum absolute atomic E-state index is 4.56. The van der Waals surface area contributed by atoms with Gasteiger partial charge >= 0.3 is 0 Å². The molecule has 3 heteroatoms. The summed E-state index contributed by atoms with van der Waals surface area (Å²) in [5.74, 6) is 0. The lowest BCUT2D eigenvalue weighted by Crippen LogP contribution is -2.62. The molecule has 1 N–H and O–H groups in total. The van der Waals surface area contributed by atoms with E-state index in [9.17, 15) is 0 Å². The van der Waals surface area contributed by atoms with Crippen molar-refractivity contribution in [1.82, 2.24) is 15.2 Å². The van der Waals surface area contributed by atoms with E-state index in [0.29, 0.717) is 11.6 Å². The summed E-state index contributed by atoms with van der Waals surface area (Å²) >= 11 is 0. The van der Waals surface area contributed by atoms with Gasteiger partial charge < -0.3 is 5.32 Å². The van der Waals surface area contributed by atoms with E-state index < -0.39 is 0 Å². The van der Waals surface area contributed by atoms with E-state index in [1.54, 1.807) is 0 Å². The molecule has 19 heavy (non-hydrogen) atoms. The van der Waals surface area contributed by atoms with Crippen LogP contribution >= 0.6 is 0 Å². The van der Waals surface area contributed by atoms with E-state index in [2.05, 4.69) is 35.1 Å². The van der Waals surface area contributed by atoms with E-state index in [1.807, 2.05) is 12.3 Å². The Labute approximate surface area is 116 Å². The maximum atomic E-state index is 4.56. The topological polar surface area (TPSA) is 28.2 Å². The van der Waals surface area contributed by atoms with Crippen LogP contribution in [-0.2, 0) is 6.54 Å². The van der Waals surface area contributed by atoms with Crippen molar-refractivity contribution in [2.24, 2.45) is 0 Å². The molecule has 1 atom stereocenters. The highest BCUT2D eigenvalue weighted by molar-refractivity contribution is 5.18. The zero-order valence-corrected chi connectivity index (χ0v) is 12.2. The fraction of sp³-hybridized carbons (Fsp3) is 0.688. The van der Waals surface area contributed by atoms with Crippen molar-refractivity contribution >= 4 is 0 Å². The second-order valence-corrected chi connectivity index (χ2v) is 6.39. The lowest BCUT2D eigenvalue weighted by atomic mass is 9.92. The number of pyridine rings is 1. The largest absolute Gasteiger partial charge is 0.308 e. The summed E-state index contributed by atoms with van der Waals surface area (Å²) in [5.41, 5.74) is 2.95. The first kappa shape index (κ1) is 13.1. The Bertz CT molecular complexity index is 437. The number of rotatable bonds is 2. The fourth-order valence-electron chi connectivity index (χ4n) is 3.57. The van der Waals surface area contributed by atoms with E-state index in [4.69, 9.17) is 0 Å². The summed E-state index contributed by atoms with van der Waals surface area (Å²) < 4.78 is 0. The predicted molar refractivity (Wildman–Crippen MR) is 78.0 cm³/mol. The molecule has 0 radical (unpaired) electrons. The minimum atomic E-state index is 0.398. The third-order valence-electron chi connectivity index (χ3n) is 4.93. The number of piperazine rings is 1. The van der Waals surface area contributed by atoms with Gasteiger partial charge in [0.2, 0.25) is 0 Å². The molecule has 1 aliphatic carbocycles. The summed E-state index contributed by atoms with van der Waals surface area (Å²) in [4.78, 5) is 7.18. The Morgan fingerprint density at radius 3 is 2.95 bits per heavy atom. The van der Waals surface area contributed by atoms with Gasteiger partial charge in [-0.2, -0.15) is 0 Å². The molecule has 0 aromatic carbocycles. The van der Waals surface area contributed by atoms with Crippen LogP contribution < -0.4 is 5.32 Å². The van der Waals surface area contributed by atoms with Crippen molar-refractivity contribution in [2.45, 2.75) is 57.7 Å². The van der Waals surface area contributed by atoms with Gasteiger partial charge in [-0.25, -0.2) is 0 Å². The second-order valence-electron chi connectivity index (χ2n) is 6.39. The summed E-state index contributed by atoms with van der Waals surface area (Å²) in [6.07, 6.45) is 7.38. The monoisotopic (exact) mass is 259 g/mol. The highest BCUT2D eigenvalue weighted by Crippen LogP contribution is 2.33. The number of hydrogen-bond donors (Lipinski definition) is 1. The average Bonchev–Trinajstić information content (AvgIpc) is 2.85. The Kier molecular flexibility index (Phi) is 3.59. The van der Waals surface area contributed by atoms with Crippen LogP contribution in [0.15, 0.2) is 18.3 Å². The van der Waals surface area contributed by atoms with Gasteiger partial charge in [-0.1, -0.05) is 18.9 Å². The van der Waals surface area contributed by atoms with E-state index >= 15 is 0 Å². The molecule has 1 saturated carbocycles. The molecule has 1 unspecified atom stereocenters. The first-order valence-electron chi connectivity index (χ1n) is 7.58. The molecule has 3 rings (SSSR count). The molecular formula is C16H25N3. The Balaban J connectivity index is 1.73. The summed E-state index contributed by atoms with van der Waals surface area (Å²) in [6.45, 7) is 7.79. The quantitative estimate of drug-likeness (QED) is 0.884. The molecule has 1 aliphatic heterocycles. The molecule has 2 aliphatic rings. The highest BCUT2D eigenvalue weighted by Gasteiger charge is 2.39. The number of aromatic nitrogens is 1. The third kappa shape index (κ3) is 2.67. The van der Waals surface area contributed by atoms with Crippen LogP contribution in [0.5, 0.6) is 0 Å². The van der Waals surface area contributed by atoms with Gasteiger partial charge in [-0.15, -0.1) is 0 Å². The van der Waals surface area contributed by atoms with Gasteiger partial charge in [0.25, 0.3) is 0 Å². The molecule has 1 spiro atoms. The molecule has 0 amide bonds. The standard InChI is InChI=1S/C16H25N3/c1-13-6-5-9-17-15(13)11-19-12-16(7-3-4-8-16)18-10-14(19)2/h5-6,9,14,18H,3-4,7-8,10-12H2,1-2H3. The lowest BCUT2D eigenvalue weighted by molar-refractivity contribution is 0.0814. The van der Waals surface area contributed by atoms with Crippen LogP contribution in [0.3, 0.4) is 0 Å². The second kappa shape index (κ2) is 5.22. The molecule has 1 aromatic heterocycles. The SMILES string of the molecule is Cc1cccnc1CN1CC2(CCCC2)NCC1C. The van der Waals surface area contributed by atoms with Crippen molar-refractivity contribution in [3.8, 4) is 0 Å².